The van der Waals surface area contributed by atoms with E-state index in [-0.39, 0.29) is 24.7 Å². The summed E-state index contributed by atoms with van der Waals surface area (Å²) in [5.41, 5.74) is 13.4. The minimum Gasteiger partial charge on any atom is -0.481 e. The SMILES string of the molecule is NC(N)=Nc1ccc(C(=O)Oc2ccc(CCC(=O)N[C@H](CC(=O)O)Cc3ccccc3)cc2)cc1. The summed E-state index contributed by atoms with van der Waals surface area (Å²) in [4.78, 5) is 39.9. The lowest BCUT2D eigenvalue weighted by Gasteiger charge is -2.17. The summed E-state index contributed by atoms with van der Waals surface area (Å²) in [6.45, 7) is 0. The number of hydrogen-bond acceptors (Lipinski definition) is 5. The van der Waals surface area contributed by atoms with Crippen LogP contribution in [-0.2, 0) is 22.4 Å². The zero-order valence-corrected chi connectivity index (χ0v) is 19.6. The highest BCUT2D eigenvalue weighted by atomic mass is 16.5. The van der Waals surface area contributed by atoms with Crippen molar-refractivity contribution in [1.82, 2.24) is 5.32 Å². The average molecular weight is 489 g/mol. The van der Waals surface area contributed by atoms with E-state index in [1.165, 1.54) is 0 Å². The lowest BCUT2D eigenvalue weighted by Crippen LogP contribution is -2.38. The maximum absolute atomic E-state index is 12.5. The Balaban J connectivity index is 1.50. The molecule has 3 aromatic rings. The lowest BCUT2D eigenvalue weighted by atomic mass is 10.0. The fourth-order valence-electron chi connectivity index (χ4n) is 3.55. The molecule has 186 valence electrons. The van der Waals surface area contributed by atoms with Crippen molar-refractivity contribution >= 4 is 29.5 Å². The first-order valence-electron chi connectivity index (χ1n) is 11.3. The molecule has 0 aliphatic carbocycles. The molecule has 3 aromatic carbocycles. The summed E-state index contributed by atoms with van der Waals surface area (Å²) >= 11 is 0. The number of carbonyl (C=O) groups is 3. The van der Waals surface area contributed by atoms with Crippen molar-refractivity contribution in [3.8, 4) is 5.75 Å². The molecule has 1 atom stereocenters. The van der Waals surface area contributed by atoms with Gasteiger partial charge in [-0.3, -0.25) is 9.59 Å². The molecule has 0 unspecified atom stereocenters. The van der Waals surface area contributed by atoms with E-state index < -0.39 is 18.0 Å². The molecule has 0 fully saturated rings. The van der Waals surface area contributed by atoms with Crippen LogP contribution in [0.25, 0.3) is 0 Å². The van der Waals surface area contributed by atoms with E-state index in [4.69, 9.17) is 16.2 Å². The summed E-state index contributed by atoms with van der Waals surface area (Å²) in [5.74, 6) is -1.43. The van der Waals surface area contributed by atoms with Crippen LogP contribution in [0.4, 0.5) is 5.69 Å². The van der Waals surface area contributed by atoms with E-state index in [2.05, 4.69) is 10.3 Å². The maximum Gasteiger partial charge on any atom is 0.343 e. The Morgan fingerprint density at radius 3 is 2.17 bits per heavy atom. The van der Waals surface area contributed by atoms with E-state index in [1.807, 2.05) is 30.3 Å². The highest BCUT2D eigenvalue weighted by Gasteiger charge is 2.17. The van der Waals surface area contributed by atoms with Crippen molar-refractivity contribution in [2.24, 2.45) is 16.5 Å². The minimum absolute atomic E-state index is 0.0739. The summed E-state index contributed by atoms with van der Waals surface area (Å²) in [6, 6.07) is 22.1. The first kappa shape index (κ1) is 26.0. The first-order chi connectivity index (χ1) is 17.3. The number of hydrogen-bond donors (Lipinski definition) is 4. The van der Waals surface area contributed by atoms with Crippen molar-refractivity contribution in [3.05, 3.63) is 95.6 Å². The van der Waals surface area contributed by atoms with Crippen molar-refractivity contribution in [2.75, 3.05) is 0 Å². The monoisotopic (exact) mass is 488 g/mol. The molecule has 0 bridgehead atoms. The predicted molar refractivity (Wildman–Crippen MR) is 136 cm³/mol. The number of nitrogens with one attached hydrogen (secondary N) is 1. The molecule has 1 amide bonds. The summed E-state index contributed by atoms with van der Waals surface area (Å²) < 4.78 is 5.39. The van der Waals surface area contributed by atoms with E-state index in [9.17, 15) is 19.5 Å². The molecule has 0 aromatic heterocycles. The number of carbonyl (C=O) groups excluding carboxylic acids is 2. The van der Waals surface area contributed by atoms with E-state index in [0.717, 1.165) is 11.1 Å². The Bertz CT molecular complexity index is 1210. The molecule has 0 saturated heterocycles. The van der Waals surface area contributed by atoms with Gasteiger partial charge in [-0.15, -0.1) is 0 Å². The number of aliphatic imine (C=N–C) groups is 1. The van der Waals surface area contributed by atoms with Gasteiger partial charge in [-0.25, -0.2) is 9.79 Å². The van der Waals surface area contributed by atoms with Crippen LogP contribution < -0.4 is 21.5 Å². The Hall–Kier alpha value is -4.66. The molecule has 6 N–H and O–H groups in total. The topological polar surface area (TPSA) is 157 Å². The molecule has 0 heterocycles. The van der Waals surface area contributed by atoms with Gasteiger partial charge in [-0.2, -0.15) is 0 Å². The van der Waals surface area contributed by atoms with Crippen LogP contribution in [0.2, 0.25) is 0 Å². The number of carboxylic acids is 1. The number of benzene rings is 3. The summed E-state index contributed by atoms with van der Waals surface area (Å²) in [6.07, 6.45) is 0.942. The fraction of sp³-hybridized carbons (Fsp3) is 0.185. The molecule has 0 aliphatic rings. The maximum atomic E-state index is 12.5. The fourth-order valence-corrected chi connectivity index (χ4v) is 3.55. The third-order valence-electron chi connectivity index (χ3n) is 5.25. The van der Waals surface area contributed by atoms with Gasteiger partial charge in [0.1, 0.15) is 5.75 Å². The van der Waals surface area contributed by atoms with Gasteiger partial charge in [0, 0.05) is 12.5 Å². The first-order valence-corrected chi connectivity index (χ1v) is 11.3. The van der Waals surface area contributed by atoms with E-state index in [1.54, 1.807) is 48.5 Å². The molecule has 36 heavy (non-hydrogen) atoms. The van der Waals surface area contributed by atoms with E-state index in [0.29, 0.717) is 29.8 Å². The van der Waals surface area contributed by atoms with Crippen molar-refractivity contribution in [2.45, 2.75) is 31.7 Å². The Labute approximate surface area is 208 Å². The number of esters is 1. The van der Waals surface area contributed by atoms with Gasteiger partial charge in [-0.1, -0.05) is 42.5 Å². The largest absolute Gasteiger partial charge is 0.481 e. The Morgan fingerprint density at radius 2 is 1.56 bits per heavy atom. The third kappa shape index (κ3) is 8.60. The molecule has 0 saturated carbocycles. The van der Waals surface area contributed by atoms with Gasteiger partial charge in [0.15, 0.2) is 5.96 Å². The number of aryl methyl sites for hydroxylation is 1. The molecular formula is C27H28N4O5. The number of nitrogens with two attached hydrogens (primary N) is 2. The highest BCUT2D eigenvalue weighted by Crippen LogP contribution is 2.18. The van der Waals surface area contributed by atoms with Gasteiger partial charge in [0.05, 0.1) is 17.7 Å². The number of carboxylic acid groups (broad SMARTS) is 1. The number of nitrogens with zero attached hydrogens (tertiary/aromatic N) is 1. The third-order valence-corrected chi connectivity index (χ3v) is 5.25. The predicted octanol–water partition coefficient (Wildman–Crippen LogP) is 2.95. The number of amides is 1. The number of ether oxygens (including phenoxy) is 1. The molecule has 0 aliphatic heterocycles. The second kappa shape index (κ2) is 12.7. The van der Waals surface area contributed by atoms with Crippen molar-refractivity contribution in [3.63, 3.8) is 0 Å². The Morgan fingerprint density at radius 1 is 0.889 bits per heavy atom. The van der Waals surface area contributed by atoms with Crippen molar-refractivity contribution < 1.29 is 24.2 Å². The van der Waals surface area contributed by atoms with Gasteiger partial charge in [0.25, 0.3) is 0 Å². The molecule has 9 heteroatoms. The Kier molecular flexibility index (Phi) is 9.16. The number of guanidine groups is 1. The molecule has 0 spiro atoms. The standard InChI is InChI=1S/C27H28N4O5/c28-27(29)31-21-11-9-20(10-12-21)26(35)36-23-13-6-18(7-14-23)8-15-24(32)30-22(17-25(33)34)16-19-4-2-1-3-5-19/h1-7,9-14,22H,8,15-17H2,(H,30,32)(H,33,34)(H4,28,29,31)/t22-/m0/s1. The second-order valence-corrected chi connectivity index (χ2v) is 8.17. The van der Waals surface area contributed by atoms with Crippen LogP contribution >= 0.6 is 0 Å². The highest BCUT2D eigenvalue weighted by molar-refractivity contribution is 5.91. The minimum atomic E-state index is -0.967. The van der Waals surface area contributed by atoms with Crippen molar-refractivity contribution in [1.29, 1.82) is 0 Å². The zero-order valence-electron chi connectivity index (χ0n) is 19.6. The van der Waals surface area contributed by atoms with Crippen LogP contribution in [0.15, 0.2) is 83.9 Å². The zero-order chi connectivity index (χ0) is 25.9. The molecule has 0 radical (unpaired) electrons. The van der Waals surface area contributed by atoms with Gasteiger partial charge < -0.3 is 26.6 Å². The summed E-state index contributed by atoms with van der Waals surface area (Å²) in [7, 11) is 0. The van der Waals surface area contributed by atoms with Crippen LogP contribution in [0.1, 0.15) is 34.3 Å². The molecule has 9 nitrogen and oxygen atoms in total. The molecule has 3 rings (SSSR count). The van der Waals surface area contributed by atoms with Crippen LogP contribution in [-0.4, -0.2) is 35.0 Å². The molecular weight excluding hydrogens is 460 g/mol. The van der Waals surface area contributed by atoms with Gasteiger partial charge in [-0.05, 0) is 60.4 Å². The smallest absolute Gasteiger partial charge is 0.343 e. The summed E-state index contributed by atoms with van der Waals surface area (Å²) in [5, 5.41) is 12.0. The van der Waals surface area contributed by atoms with Gasteiger partial charge >= 0.3 is 11.9 Å². The average Bonchev–Trinajstić information content (AvgIpc) is 2.84. The van der Waals surface area contributed by atoms with Crippen LogP contribution in [0.5, 0.6) is 5.75 Å². The second-order valence-electron chi connectivity index (χ2n) is 8.17. The normalized spacial score (nSPS) is 11.2. The van der Waals surface area contributed by atoms with Gasteiger partial charge in [0.2, 0.25) is 5.91 Å². The van der Waals surface area contributed by atoms with Crippen LogP contribution in [0, 0.1) is 0 Å². The van der Waals surface area contributed by atoms with E-state index >= 15 is 0 Å². The quantitative estimate of drug-likeness (QED) is 0.140. The van der Waals surface area contributed by atoms with Crippen LogP contribution in [0.3, 0.4) is 0 Å². The number of rotatable bonds is 11. The number of aliphatic carboxylic acids is 1. The lowest BCUT2D eigenvalue weighted by molar-refractivity contribution is -0.137.